The number of azo groups is 2. The summed E-state index contributed by atoms with van der Waals surface area (Å²) >= 11 is 40.0. The Labute approximate surface area is 348 Å². The van der Waals surface area contributed by atoms with E-state index in [0.717, 1.165) is 0 Å². The smallest absolute Gasteiger partial charge is 0.186 e. The van der Waals surface area contributed by atoms with E-state index >= 15 is 0 Å². The van der Waals surface area contributed by atoms with Gasteiger partial charge in [0.05, 0.1) is 53.9 Å². The van der Waals surface area contributed by atoms with Crippen molar-refractivity contribution >= 4 is 92.5 Å². The molecule has 0 aliphatic heterocycles. The maximum atomic E-state index is 13.4. The Balaban J connectivity index is 1.92. The molecule has 2 aromatic carbocycles. The topological polar surface area (TPSA) is 83.6 Å². The van der Waals surface area contributed by atoms with Crippen molar-refractivity contribution in [2.75, 3.05) is 0 Å². The van der Waals surface area contributed by atoms with Crippen molar-refractivity contribution in [2.45, 2.75) is 83.1 Å². The maximum absolute atomic E-state index is 13.4. The van der Waals surface area contributed by atoms with Gasteiger partial charge in [0.1, 0.15) is 0 Å². The van der Waals surface area contributed by atoms with E-state index in [9.17, 15) is 9.59 Å². The fourth-order valence-corrected chi connectivity index (χ4v) is 7.17. The second-order valence-electron chi connectivity index (χ2n) is 17.3. The largest absolute Gasteiger partial charge is 0.289 e. The van der Waals surface area contributed by atoms with E-state index in [-0.39, 0.29) is 64.2 Å². The first-order chi connectivity index (χ1) is 24.6. The highest BCUT2D eigenvalue weighted by Crippen LogP contribution is 2.53. The SMILES string of the molecule is CC(C)(C)C1=CC(=C/N=N/c2cc(Cl)c(Cl)c(Cl)c2-c2c(/N=N/C=C3C=C(C(C)(C)C)C(=O)C(C(C)(C)C)=C3)cc(Cl)c(Cl)c2Cl)C=C(C(C)(C)C)C1=O. The summed E-state index contributed by atoms with van der Waals surface area (Å²) < 4.78 is 0. The Bertz CT molecular complexity index is 1960. The van der Waals surface area contributed by atoms with E-state index in [0.29, 0.717) is 33.4 Å². The molecule has 0 fully saturated rings. The van der Waals surface area contributed by atoms with Gasteiger partial charge in [0.25, 0.3) is 0 Å². The van der Waals surface area contributed by atoms with Crippen molar-refractivity contribution in [3.63, 3.8) is 0 Å². The number of carbonyl (C=O) groups excluding carboxylic acids is 2. The molecule has 0 amide bonds. The highest BCUT2D eigenvalue weighted by Gasteiger charge is 2.35. The summed E-state index contributed by atoms with van der Waals surface area (Å²) in [7, 11) is 0. The highest BCUT2D eigenvalue weighted by atomic mass is 35.5. The lowest BCUT2D eigenvalue weighted by Gasteiger charge is -2.31. The van der Waals surface area contributed by atoms with Gasteiger partial charge in [-0.05, 0) is 69.2 Å². The Morgan fingerprint density at radius 1 is 0.444 bits per heavy atom. The van der Waals surface area contributed by atoms with Crippen LogP contribution in [0.5, 0.6) is 0 Å². The van der Waals surface area contributed by atoms with Gasteiger partial charge in [-0.25, -0.2) is 0 Å². The number of Topliss-reactive ketones (excluding diaryl/α,β-unsaturated/α-hetero) is 2. The van der Waals surface area contributed by atoms with E-state index in [2.05, 4.69) is 20.5 Å². The first-order valence-corrected chi connectivity index (χ1v) is 19.5. The molecule has 0 heterocycles. The molecule has 4 rings (SSSR count). The molecule has 0 aromatic heterocycles. The molecule has 6 nitrogen and oxygen atoms in total. The third kappa shape index (κ3) is 9.57. The number of rotatable bonds is 5. The van der Waals surface area contributed by atoms with Crippen LogP contribution in [-0.4, -0.2) is 11.6 Å². The Kier molecular flexibility index (Phi) is 13.0. The summed E-state index contributed by atoms with van der Waals surface area (Å²) in [6, 6.07) is 3.01. The monoisotopic (exact) mass is 846 g/mol. The van der Waals surface area contributed by atoms with Crippen molar-refractivity contribution in [1.82, 2.24) is 0 Å². The fraction of sp³-hybridized carbons (Fsp3) is 0.381. The average Bonchev–Trinajstić information content (AvgIpc) is 3.02. The predicted octanol–water partition coefficient (Wildman–Crippen LogP) is 16.3. The molecule has 0 saturated heterocycles. The number of ketones is 2. The first kappa shape index (κ1) is 43.9. The Morgan fingerprint density at radius 3 is 0.944 bits per heavy atom. The Hall–Kier alpha value is -2.84. The molecule has 0 spiro atoms. The zero-order chi connectivity index (χ0) is 40.9. The second-order valence-corrected chi connectivity index (χ2v) is 19.7. The molecule has 0 N–H and O–H groups in total. The summed E-state index contributed by atoms with van der Waals surface area (Å²) in [6.45, 7) is 23.9. The van der Waals surface area contributed by atoms with Gasteiger partial charge in [-0.15, -0.1) is 0 Å². The number of carbonyl (C=O) groups is 2. The minimum absolute atomic E-state index is 0.00235. The molecular formula is C42H44Cl6N4O2. The molecule has 54 heavy (non-hydrogen) atoms. The number of nitrogens with zero attached hydrogens (tertiary/aromatic N) is 4. The van der Waals surface area contributed by atoms with Gasteiger partial charge in [-0.3, -0.25) is 9.59 Å². The lowest BCUT2D eigenvalue weighted by Crippen LogP contribution is -2.27. The molecule has 286 valence electrons. The van der Waals surface area contributed by atoms with E-state index in [4.69, 9.17) is 69.6 Å². The molecule has 0 saturated carbocycles. The number of hydrogen-bond acceptors (Lipinski definition) is 6. The molecule has 12 heteroatoms. The van der Waals surface area contributed by atoms with Crippen LogP contribution in [0.1, 0.15) is 83.1 Å². The van der Waals surface area contributed by atoms with Gasteiger partial charge in [0, 0.05) is 33.4 Å². The van der Waals surface area contributed by atoms with Crippen LogP contribution >= 0.6 is 69.6 Å². The standard InChI is InChI=1S/C42H44Cl6N4O2/c1-39(2,3)23-13-21(14-24(37(23)53)40(4,5)6)19-49-51-29-17-27(43)33(45)35(47)31(29)32-30(18-28(44)34(46)36(32)48)52-50-20-22-15-25(41(7,8)9)38(54)26(16-22)42(10,11)12/h13-20H,1-12H3/b51-49+,52-50+. The maximum Gasteiger partial charge on any atom is 0.186 e. The zero-order valence-electron chi connectivity index (χ0n) is 32.5. The average molecular weight is 850 g/mol. The van der Waals surface area contributed by atoms with E-state index in [1.807, 2.05) is 107 Å². The molecule has 0 atom stereocenters. The molecule has 2 aromatic rings. The van der Waals surface area contributed by atoms with Crippen LogP contribution in [0, 0.1) is 21.7 Å². The number of allylic oxidation sites excluding steroid dienone is 10. The third-order valence-corrected chi connectivity index (χ3v) is 11.3. The van der Waals surface area contributed by atoms with Crippen LogP contribution in [0.25, 0.3) is 11.1 Å². The van der Waals surface area contributed by atoms with Gasteiger partial charge in [-0.1, -0.05) is 153 Å². The minimum Gasteiger partial charge on any atom is -0.289 e. The zero-order valence-corrected chi connectivity index (χ0v) is 37.0. The predicted molar refractivity (Wildman–Crippen MR) is 227 cm³/mol. The van der Waals surface area contributed by atoms with Gasteiger partial charge in [0.15, 0.2) is 11.6 Å². The molecule has 2 aliphatic carbocycles. The quantitative estimate of drug-likeness (QED) is 0.222. The van der Waals surface area contributed by atoms with Crippen LogP contribution in [0.15, 0.2) is 103 Å². The summed E-state index contributed by atoms with van der Waals surface area (Å²) in [5.74, 6) is 0.00471. The third-order valence-electron chi connectivity index (χ3n) is 8.73. The Morgan fingerprint density at radius 2 is 0.704 bits per heavy atom. The fourth-order valence-electron chi connectivity index (χ4n) is 5.79. The summed E-state index contributed by atoms with van der Waals surface area (Å²) in [5.41, 5.74) is 3.30. The van der Waals surface area contributed by atoms with Gasteiger partial charge in [-0.2, -0.15) is 20.5 Å². The lowest BCUT2D eigenvalue weighted by atomic mass is 9.72. The van der Waals surface area contributed by atoms with Gasteiger partial charge in [0.2, 0.25) is 0 Å². The molecule has 0 bridgehead atoms. The summed E-state index contributed by atoms with van der Waals surface area (Å²) in [6.07, 6.45) is 10.4. The van der Waals surface area contributed by atoms with E-state index in [1.54, 1.807) is 12.4 Å². The molecular weight excluding hydrogens is 805 g/mol. The number of hydrogen-bond donors (Lipinski definition) is 0. The van der Waals surface area contributed by atoms with Crippen LogP contribution in [0.4, 0.5) is 11.4 Å². The van der Waals surface area contributed by atoms with Crippen molar-refractivity contribution < 1.29 is 9.59 Å². The number of benzene rings is 2. The lowest BCUT2D eigenvalue weighted by molar-refractivity contribution is -0.114. The van der Waals surface area contributed by atoms with Crippen LogP contribution < -0.4 is 0 Å². The normalized spacial score (nSPS) is 16.3. The first-order valence-electron chi connectivity index (χ1n) is 17.2. The summed E-state index contributed by atoms with van der Waals surface area (Å²) in [5, 5.41) is 18.2. The molecule has 2 aliphatic rings. The van der Waals surface area contributed by atoms with Crippen molar-refractivity contribution in [3.8, 4) is 11.1 Å². The van der Waals surface area contributed by atoms with E-state index < -0.39 is 21.7 Å². The van der Waals surface area contributed by atoms with Crippen LogP contribution in [0.3, 0.4) is 0 Å². The minimum atomic E-state index is -0.404. The molecule has 0 radical (unpaired) electrons. The van der Waals surface area contributed by atoms with Gasteiger partial charge < -0.3 is 0 Å². The highest BCUT2D eigenvalue weighted by molar-refractivity contribution is 6.52. The summed E-state index contributed by atoms with van der Waals surface area (Å²) in [4.78, 5) is 26.9. The second kappa shape index (κ2) is 16.0. The van der Waals surface area contributed by atoms with Crippen molar-refractivity contribution in [1.29, 1.82) is 0 Å². The van der Waals surface area contributed by atoms with Crippen molar-refractivity contribution in [3.05, 3.63) is 112 Å². The number of halogens is 6. The van der Waals surface area contributed by atoms with Crippen LogP contribution in [-0.2, 0) is 9.59 Å². The van der Waals surface area contributed by atoms with Crippen LogP contribution in [0.2, 0.25) is 30.1 Å². The molecule has 0 unspecified atom stereocenters. The van der Waals surface area contributed by atoms with Crippen molar-refractivity contribution in [2.24, 2.45) is 42.1 Å². The van der Waals surface area contributed by atoms with Gasteiger partial charge >= 0.3 is 0 Å². The van der Waals surface area contributed by atoms with E-state index in [1.165, 1.54) is 12.1 Å².